The van der Waals surface area contributed by atoms with E-state index in [0.29, 0.717) is 5.41 Å². The smallest absolute Gasteiger partial charge is 0.138 e. The molecule has 0 amide bonds. The summed E-state index contributed by atoms with van der Waals surface area (Å²) < 4.78 is 1.87. The Bertz CT molecular complexity index is 339. The van der Waals surface area contributed by atoms with E-state index in [1.807, 2.05) is 11.7 Å². The lowest BCUT2D eigenvalue weighted by Crippen LogP contribution is -2.26. The van der Waals surface area contributed by atoms with Crippen molar-refractivity contribution >= 4 is 0 Å². The second-order valence-electron chi connectivity index (χ2n) is 5.62. The maximum atomic E-state index is 4.29. The topological polar surface area (TPSA) is 42.7 Å². The first-order chi connectivity index (χ1) is 7.57. The third-order valence-electron chi connectivity index (χ3n) is 3.25. The van der Waals surface area contributed by atoms with Gasteiger partial charge in [-0.05, 0) is 31.2 Å². The molecule has 1 aliphatic rings. The zero-order valence-corrected chi connectivity index (χ0v) is 10.5. The zero-order valence-electron chi connectivity index (χ0n) is 10.5. The number of aryl methyl sites for hydroxylation is 1. The standard InChI is InChI=1S/C12H22N4/c1-12(2,6-7-13-10-4-5-10)8-11-14-9-15-16(11)3/h9-10,13H,4-8H2,1-3H3. The quantitative estimate of drug-likeness (QED) is 0.793. The normalized spacial score (nSPS) is 16.7. The molecule has 90 valence electrons. The molecule has 1 aromatic heterocycles. The molecule has 0 spiro atoms. The number of nitrogens with one attached hydrogen (secondary N) is 1. The number of rotatable bonds is 6. The van der Waals surface area contributed by atoms with Gasteiger partial charge >= 0.3 is 0 Å². The first kappa shape index (κ1) is 11.6. The lowest BCUT2D eigenvalue weighted by molar-refractivity contribution is 0.314. The lowest BCUT2D eigenvalue weighted by atomic mass is 9.85. The van der Waals surface area contributed by atoms with E-state index >= 15 is 0 Å². The van der Waals surface area contributed by atoms with Crippen LogP contribution >= 0.6 is 0 Å². The Balaban J connectivity index is 1.79. The summed E-state index contributed by atoms with van der Waals surface area (Å²) in [5, 5.41) is 7.67. The van der Waals surface area contributed by atoms with E-state index in [9.17, 15) is 0 Å². The Kier molecular flexibility index (Phi) is 3.28. The second kappa shape index (κ2) is 4.53. The molecule has 1 saturated carbocycles. The van der Waals surface area contributed by atoms with Crippen LogP contribution < -0.4 is 5.32 Å². The van der Waals surface area contributed by atoms with Crippen molar-refractivity contribution in [3.8, 4) is 0 Å². The molecule has 2 rings (SSSR count). The van der Waals surface area contributed by atoms with Gasteiger partial charge in [-0.25, -0.2) is 4.98 Å². The third-order valence-corrected chi connectivity index (χ3v) is 3.25. The predicted molar refractivity (Wildman–Crippen MR) is 64.1 cm³/mol. The Morgan fingerprint density at radius 1 is 1.50 bits per heavy atom. The molecule has 0 aromatic carbocycles. The van der Waals surface area contributed by atoms with Gasteiger partial charge in [0.05, 0.1) is 0 Å². The molecule has 1 heterocycles. The summed E-state index contributed by atoms with van der Waals surface area (Å²) in [5.74, 6) is 1.08. The van der Waals surface area contributed by atoms with Gasteiger partial charge in [0.15, 0.2) is 0 Å². The van der Waals surface area contributed by atoms with Crippen molar-refractivity contribution in [3.05, 3.63) is 12.2 Å². The van der Waals surface area contributed by atoms with Crippen molar-refractivity contribution in [1.29, 1.82) is 0 Å². The van der Waals surface area contributed by atoms with Crippen molar-refractivity contribution in [2.24, 2.45) is 12.5 Å². The molecule has 0 saturated heterocycles. The van der Waals surface area contributed by atoms with Crippen LogP contribution in [0.25, 0.3) is 0 Å². The van der Waals surface area contributed by atoms with Gasteiger partial charge in [0.1, 0.15) is 12.2 Å². The summed E-state index contributed by atoms with van der Waals surface area (Å²) in [4.78, 5) is 4.29. The molecule has 0 atom stereocenters. The average Bonchev–Trinajstić information content (AvgIpc) is 2.92. The molecule has 1 N–H and O–H groups in total. The average molecular weight is 222 g/mol. The number of nitrogens with zero attached hydrogens (tertiary/aromatic N) is 3. The van der Waals surface area contributed by atoms with E-state index in [2.05, 4.69) is 29.2 Å². The molecular weight excluding hydrogens is 200 g/mol. The van der Waals surface area contributed by atoms with Gasteiger partial charge in [0.25, 0.3) is 0 Å². The fourth-order valence-electron chi connectivity index (χ4n) is 1.90. The van der Waals surface area contributed by atoms with Gasteiger partial charge < -0.3 is 5.32 Å². The fourth-order valence-corrected chi connectivity index (χ4v) is 1.90. The number of aromatic nitrogens is 3. The van der Waals surface area contributed by atoms with Crippen LogP contribution in [0, 0.1) is 5.41 Å². The van der Waals surface area contributed by atoms with Crippen LogP contribution in [-0.4, -0.2) is 27.4 Å². The Morgan fingerprint density at radius 3 is 2.81 bits per heavy atom. The van der Waals surface area contributed by atoms with Gasteiger partial charge in [-0.15, -0.1) is 0 Å². The number of hydrogen-bond donors (Lipinski definition) is 1. The van der Waals surface area contributed by atoms with Crippen LogP contribution in [-0.2, 0) is 13.5 Å². The summed E-state index contributed by atoms with van der Waals surface area (Å²) in [6, 6.07) is 0.811. The van der Waals surface area contributed by atoms with Crippen LogP contribution in [0.15, 0.2) is 6.33 Å². The highest BCUT2D eigenvalue weighted by atomic mass is 15.3. The molecule has 1 fully saturated rings. The van der Waals surface area contributed by atoms with Crippen molar-refractivity contribution < 1.29 is 0 Å². The second-order valence-corrected chi connectivity index (χ2v) is 5.62. The molecular formula is C12H22N4. The minimum Gasteiger partial charge on any atom is -0.314 e. The summed E-state index contributed by atoms with van der Waals surface area (Å²) in [6.45, 7) is 5.72. The van der Waals surface area contributed by atoms with Gasteiger partial charge in [-0.1, -0.05) is 13.8 Å². The van der Waals surface area contributed by atoms with Crippen LogP contribution in [0.3, 0.4) is 0 Å². The van der Waals surface area contributed by atoms with Crippen molar-refractivity contribution in [2.75, 3.05) is 6.54 Å². The summed E-state index contributed by atoms with van der Waals surface area (Å²) >= 11 is 0. The van der Waals surface area contributed by atoms with E-state index in [4.69, 9.17) is 0 Å². The highest BCUT2D eigenvalue weighted by Gasteiger charge is 2.24. The van der Waals surface area contributed by atoms with Crippen LogP contribution in [0.4, 0.5) is 0 Å². The molecule has 0 aliphatic heterocycles. The van der Waals surface area contributed by atoms with Crippen molar-refractivity contribution in [3.63, 3.8) is 0 Å². The third kappa shape index (κ3) is 3.30. The van der Waals surface area contributed by atoms with Crippen LogP contribution in [0.1, 0.15) is 38.9 Å². The predicted octanol–water partition coefficient (Wildman–Crippen LogP) is 1.53. The zero-order chi connectivity index (χ0) is 11.6. The SMILES string of the molecule is Cn1ncnc1CC(C)(C)CCNC1CC1. The van der Waals surface area contributed by atoms with Gasteiger partial charge in [0.2, 0.25) is 0 Å². The maximum Gasteiger partial charge on any atom is 0.138 e. The van der Waals surface area contributed by atoms with E-state index < -0.39 is 0 Å². The van der Waals surface area contributed by atoms with Crippen LogP contribution in [0.5, 0.6) is 0 Å². The van der Waals surface area contributed by atoms with Gasteiger partial charge in [-0.3, -0.25) is 4.68 Å². The fraction of sp³-hybridized carbons (Fsp3) is 0.833. The first-order valence-electron chi connectivity index (χ1n) is 6.13. The minimum atomic E-state index is 0.294. The Hall–Kier alpha value is -0.900. The summed E-state index contributed by atoms with van der Waals surface area (Å²) in [6.07, 6.45) is 6.55. The summed E-state index contributed by atoms with van der Waals surface area (Å²) in [7, 11) is 1.96. The molecule has 4 nitrogen and oxygen atoms in total. The molecule has 1 aliphatic carbocycles. The van der Waals surface area contributed by atoms with Gasteiger partial charge in [0, 0.05) is 19.5 Å². The lowest BCUT2D eigenvalue weighted by Gasteiger charge is -2.24. The Morgan fingerprint density at radius 2 is 2.25 bits per heavy atom. The summed E-state index contributed by atoms with van der Waals surface area (Å²) in [5.41, 5.74) is 0.294. The number of hydrogen-bond acceptors (Lipinski definition) is 3. The highest BCUT2D eigenvalue weighted by Crippen LogP contribution is 2.25. The highest BCUT2D eigenvalue weighted by molar-refractivity contribution is 4.90. The van der Waals surface area contributed by atoms with Crippen molar-refractivity contribution in [1.82, 2.24) is 20.1 Å². The largest absolute Gasteiger partial charge is 0.314 e. The molecule has 0 radical (unpaired) electrons. The van der Waals surface area contributed by atoms with E-state index in [1.54, 1.807) is 6.33 Å². The minimum absolute atomic E-state index is 0.294. The van der Waals surface area contributed by atoms with Gasteiger partial charge in [-0.2, -0.15) is 5.10 Å². The van der Waals surface area contributed by atoms with E-state index in [1.165, 1.54) is 19.3 Å². The maximum absolute atomic E-state index is 4.29. The first-order valence-corrected chi connectivity index (χ1v) is 6.13. The molecule has 16 heavy (non-hydrogen) atoms. The monoisotopic (exact) mass is 222 g/mol. The molecule has 1 aromatic rings. The molecule has 0 unspecified atom stereocenters. The Labute approximate surface area is 97.5 Å². The van der Waals surface area contributed by atoms with E-state index in [-0.39, 0.29) is 0 Å². The van der Waals surface area contributed by atoms with Crippen LogP contribution in [0.2, 0.25) is 0 Å². The molecule has 4 heteroatoms. The van der Waals surface area contributed by atoms with Crippen molar-refractivity contribution in [2.45, 2.75) is 45.6 Å². The molecule has 0 bridgehead atoms. The van der Waals surface area contributed by atoms with E-state index in [0.717, 1.165) is 24.8 Å².